The topological polar surface area (TPSA) is 62.2 Å². The SMILES string of the molecule is Cc1nc(-c2cccs2)sc1C(=O)NCC(C)(C)CO. The number of rotatable bonds is 5. The standard InChI is InChI=1S/C14H18N2O2S2/c1-9-11(12(18)15-7-14(2,3)8-17)20-13(16-9)10-5-4-6-19-10/h4-6,17H,7-8H2,1-3H3,(H,15,18). The van der Waals surface area contributed by atoms with Crippen molar-refractivity contribution in [3.8, 4) is 9.88 Å². The molecule has 0 aromatic carbocycles. The summed E-state index contributed by atoms with van der Waals surface area (Å²) in [5.74, 6) is -0.121. The lowest BCUT2D eigenvalue weighted by molar-refractivity contribution is 0.0914. The lowest BCUT2D eigenvalue weighted by Crippen LogP contribution is -2.35. The van der Waals surface area contributed by atoms with Crippen LogP contribution >= 0.6 is 22.7 Å². The highest BCUT2D eigenvalue weighted by Crippen LogP contribution is 2.31. The summed E-state index contributed by atoms with van der Waals surface area (Å²) in [7, 11) is 0. The van der Waals surface area contributed by atoms with Crippen molar-refractivity contribution in [3.63, 3.8) is 0 Å². The first kappa shape index (κ1) is 15.2. The number of aryl methyl sites for hydroxylation is 1. The summed E-state index contributed by atoms with van der Waals surface area (Å²) in [6, 6.07) is 3.97. The Morgan fingerprint density at radius 2 is 2.25 bits per heavy atom. The van der Waals surface area contributed by atoms with E-state index in [0.717, 1.165) is 15.6 Å². The number of carbonyl (C=O) groups excluding carboxylic acids is 1. The minimum atomic E-state index is -0.315. The third kappa shape index (κ3) is 3.45. The fourth-order valence-electron chi connectivity index (χ4n) is 1.57. The average molecular weight is 310 g/mol. The van der Waals surface area contributed by atoms with Crippen LogP contribution in [-0.4, -0.2) is 29.1 Å². The predicted molar refractivity (Wildman–Crippen MR) is 83.4 cm³/mol. The predicted octanol–water partition coefficient (Wildman–Crippen LogP) is 2.93. The lowest BCUT2D eigenvalue weighted by atomic mass is 9.95. The molecule has 0 radical (unpaired) electrons. The monoisotopic (exact) mass is 310 g/mol. The van der Waals surface area contributed by atoms with E-state index in [-0.39, 0.29) is 17.9 Å². The van der Waals surface area contributed by atoms with Crippen molar-refractivity contribution < 1.29 is 9.90 Å². The number of hydrogen-bond acceptors (Lipinski definition) is 5. The minimum Gasteiger partial charge on any atom is -0.396 e. The van der Waals surface area contributed by atoms with E-state index in [0.29, 0.717) is 11.4 Å². The summed E-state index contributed by atoms with van der Waals surface area (Å²) in [4.78, 5) is 18.4. The second kappa shape index (κ2) is 6.03. The lowest BCUT2D eigenvalue weighted by Gasteiger charge is -2.21. The zero-order chi connectivity index (χ0) is 14.8. The van der Waals surface area contributed by atoms with Crippen LogP contribution in [0, 0.1) is 12.3 Å². The maximum Gasteiger partial charge on any atom is 0.263 e. The van der Waals surface area contributed by atoms with Gasteiger partial charge in [0, 0.05) is 18.6 Å². The second-order valence-corrected chi connectivity index (χ2v) is 7.36. The average Bonchev–Trinajstić information content (AvgIpc) is 3.05. The molecule has 2 aromatic rings. The van der Waals surface area contributed by atoms with Gasteiger partial charge in [-0.2, -0.15) is 0 Å². The molecule has 0 aliphatic heterocycles. The summed E-state index contributed by atoms with van der Waals surface area (Å²) >= 11 is 3.02. The van der Waals surface area contributed by atoms with E-state index in [1.165, 1.54) is 11.3 Å². The number of thiophene rings is 1. The van der Waals surface area contributed by atoms with Crippen molar-refractivity contribution in [1.29, 1.82) is 0 Å². The molecule has 4 nitrogen and oxygen atoms in total. The first-order valence-electron chi connectivity index (χ1n) is 6.33. The number of nitrogens with zero attached hydrogens (tertiary/aromatic N) is 1. The summed E-state index contributed by atoms with van der Waals surface area (Å²) in [6.45, 7) is 6.14. The first-order valence-corrected chi connectivity index (χ1v) is 8.03. The zero-order valence-electron chi connectivity index (χ0n) is 11.8. The number of aliphatic hydroxyl groups is 1. The van der Waals surface area contributed by atoms with E-state index in [9.17, 15) is 9.90 Å². The molecular formula is C14H18N2O2S2. The van der Waals surface area contributed by atoms with E-state index >= 15 is 0 Å². The van der Waals surface area contributed by atoms with Gasteiger partial charge in [-0.15, -0.1) is 22.7 Å². The van der Waals surface area contributed by atoms with Crippen LogP contribution in [0.5, 0.6) is 0 Å². The van der Waals surface area contributed by atoms with Gasteiger partial charge >= 0.3 is 0 Å². The number of amides is 1. The zero-order valence-corrected chi connectivity index (χ0v) is 13.4. The van der Waals surface area contributed by atoms with Crippen LogP contribution in [0.4, 0.5) is 0 Å². The molecule has 0 unspecified atom stereocenters. The van der Waals surface area contributed by atoms with E-state index in [1.807, 2.05) is 38.3 Å². The van der Waals surface area contributed by atoms with Gasteiger partial charge in [-0.25, -0.2) is 4.98 Å². The molecule has 2 heterocycles. The molecule has 0 saturated heterocycles. The molecule has 2 rings (SSSR count). The Kier molecular flexibility index (Phi) is 4.57. The fraction of sp³-hybridized carbons (Fsp3) is 0.429. The summed E-state index contributed by atoms with van der Waals surface area (Å²) < 4.78 is 0. The fourth-order valence-corrected chi connectivity index (χ4v) is 3.35. The van der Waals surface area contributed by atoms with Gasteiger partial charge < -0.3 is 10.4 Å². The second-order valence-electron chi connectivity index (χ2n) is 5.42. The third-order valence-corrected chi connectivity index (χ3v) is 5.09. The number of carbonyl (C=O) groups is 1. The molecule has 1 amide bonds. The molecule has 108 valence electrons. The van der Waals surface area contributed by atoms with Crippen molar-refractivity contribution in [1.82, 2.24) is 10.3 Å². The van der Waals surface area contributed by atoms with E-state index in [2.05, 4.69) is 10.3 Å². The summed E-state index contributed by atoms with van der Waals surface area (Å²) in [6.07, 6.45) is 0. The normalized spacial score (nSPS) is 11.6. The molecule has 0 fully saturated rings. The van der Waals surface area contributed by atoms with Crippen LogP contribution in [-0.2, 0) is 0 Å². The number of hydrogen-bond donors (Lipinski definition) is 2. The molecule has 0 aliphatic carbocycles. The molecule has 0 spiro atoms. The van der Waals surface area contributed by atoms with Crippen LogP contribution in [0.15, 0.2) is 17.5 Å². The van der Waals surface area contributed by atoms with Crippen LogP contribution in [0.3, 0.4) is 0 Å². The van der Waals surface area contributed by atoms with Crippen LogP contribution in [0.25, 0.3) is 9.88 Å². The Balaban J connectivity index is 2.11. The van der Waals surface area contributed by atoms with Crippen LogP contribution in [0.2, 0.25) is 0 Å². The van der Waals surface area contributed by atoms with Crippen molar-refractivity contribution in [2.75, 3.05) is 13.2 Å². The number of nitrogens with one attached hydrogen (secondary N) is 1. The smallest absolute Gasteiger partial charge is 0.263 e. The van der Waals surface area contributed by atoms with Crippen molar-refractivity contribution >= 4 is 28.6 Å². The summed E-state index contributed by atoms with van der Waals surface area (Å²) in [5, 5.41) is 14.9. The van der Waals surface area contributed by atoms with Gasteiger partial charge in [0.2, 0.25) is 0 Å². The maximum absolute atomic E-state index is 12.2. The van der Waals surface area contributed by atoms with Gasteiger partial charge in [0.1, 0.15) is 9.88 Å². The first-order chi connectivity index (χ1) is 9.43. The molecule has 2 N–H and O–H groups in total. The van der Waals surface area contributed by atoms with Gasteiger partial charge in [0.15, 0.2) is 0 Å². The molecule has 6 heteroatoms. The van der Waals surface area contributed by atoms with Crippen LogP contribution in [0.1, 0.15) is 29.2 Å². The quantitative estimate of drug-likeness (QED) is 0.892. The third-order valence-electron chi connectivity index (χ3n) is 2.89. The van der Waals surface area contributed by atoms with Crippen molar-refractivity contribution in [3.05, 3.63) is 28.1 Å². The van der Waals surface area contributed by atoms with Gasteiger partial charge in [-0.3, -0.25) is 4.79 Å². The Labute approximate surface area is 126 Å². The van der Waals surface area contributed by atoms with Crippen molar-refractivity contribution in [2.24, 2.45) is 5.41 Å². The molecule has 20 heavy (non-hydrogen) atoms. The highest BCUT2D eigenvalue weighted by Gasteiger charge is 2.21. The highest BCUT2D eigenvalue weighted by atomic mass is 32.1. The van der Waals surface area contributed by atoms with Crippen LogP contribution < -0.4 is 5.32 Å². The Hall–Kier alpha value is -1.24. The molecule has 0 aliphatic rings. The summed E-state index contributed by atoms with van der Waals surface area (Å²) in [5.41, 5.74) is 0.433. The molecule has 0 atom stereocenters. The molecule has 0 bridgehead atoms. The van der Waals surface area contributed by atoms with E-state index < -0.39 is 0 Å². The largest absolute Gasteiger partial charge is 0.396 e. The molecular weight excluding hydrogens is 292 g/mol. The maximum atomic E-state index is 12.2. The van der Waals surface area contributed by atoms with E-state index in [1.54, 1.807) is 11.3 Å². The molecule has 2 aromatic heterocycles. The van der Waals surface area contributed by atoms with Crippen molar-refractivity contribution in [2.45, 2.75) is 20.8 Å². The Morgan fingerprint density at radius 1 is 1.50 bits per heavy atom. The number of thiazole rings is 1. The highest BCUT2D eigenvalue weighted by molar-refractivity contribution is 7.22. The van der Waals surface area contributed by atoms with Gasteiger partial charge in [0.25, 0.3) is 5.91 Å². The Bertz CT molecular complexity index is 588. The van der Waals surface area contributed by atoms with Gasteiger partial charge in [0.05, 0.1) is 10.6 Å². The van der Waals surface area contributed by atoms with Gasteiger partial charge in [-0.05, 0) is 18.4 Å². The molecule has 0 saturated carbocycles. The van der Waals surface area contributed by atoms with E-state index in [4.69, 9.17) is 0 Å². The minimum absolute atomic E-state index is 0.0371. The Morgan fingerprint density at radius 3 is 2.85 bits per heavy atom. The number of aromatic nitrogens is 1. The van der Waals surface area contributed by atoms with Gasteiger partial charge in [-0.1, -0.05) is 19.9 Å². The number of aliphatic hydroxyl groups excluding tert-OH is 1.